The maximum atomic E-state index is 4.61. The van der Waals surface area contributed by atoms with E-state index in [-0.39, 0.29) is 10.8 Å². The molecule has 3 heteroatoms. The summed E-state index contributed by atoms with van der Waals surface area (Å²) in [7, 11) is 0. The monoisotopic (exact) mass is 361 g/mol. The first kappa shape index (κ1) is 19.3. The third kappa shape index (κ3) is 3.69. The molecule has 0 fully saturated rings. The lowest BCUT2D eigenvalue weighted by Crippen LogP contribution is -2.20. The second kappa shape index (κ2) is 6.63. The topological polar surface area (TPSA) is 30.7 Å². The minimum atomic E-state index is -0.110. The molecule has 0 saturated heterocycles. The number of nitrogens with zero attached hydrogens (tertiary/aromatic N) is 3. The van der Waals surface area contributed by atoms with Gasteiger partial charge in [0.15, 0.2) is 5.82 Å². The lowest BCUT2D eigenvalue weighted by molar-refractivity contribution is 0.532. The summed E-state index contributed by atoms with van der Waals surface area (Å²) in [6, 6.07) is 14.9. The largest absolute Gasteiger partial charge is 0.278 e. The minimum Gasteiger partial charge on any atom is -0.278 e. The van der Waals surface area contributed by atoms with Gasteiger partial charge >= 0.3 is 0 Å². The fraction of sp³-hybridized carbons (Fsp3) is 0.417. The van der Waals surface area contributed by atoms with Gasteiger partial charge in [0.05, 0.1) is 5.69 Å². The maximum absolute atomic E-state index is 4.61. The molecule has 2 aromatic carbocycles. The van der Waals surface area contributed by atoms with Crippen LogP contribution in [0, 0.1) is 13.8 Å². The van der Waals surface area contributed by atoms with Crippen LogP contribution in [0.2, 0.25) is 0 Å². The van der Waals surface area contributed by atoms with Gasteiger partial charge in [-0.3, -0.25) is 4.57 Å². The summed E-state index contributed by atoms with van der Waals surface area (Å²) in [4.78, 5) is 0. The Balaban J connectivity index is 2.33. The van der Waals surface area contributed by atoms with E-state index in [0.717, 1.165) is 17.2 Å². The molecule has 0 aliphatic rings. The lowest BCUT2D eigenvalue weighted by atomic mass is 9.84. The van der Waals surface area contributed by atoms with Crippen LogP contribution in [0.15, 0.2) is 42.5 Å². The second-order valence-corrected chi connectivity index (χ2v) is 9.51. The van der Waals surface area contributed by atoms with Crippen molar-refractivity contribution >= 4 is 0 Å². The molecule has 0 aliphatic heterocycles. The van der Waals surface area contributed by atoms with Gasteiger partial charge in [0, 0.05) is 11.0 Å². The standard InChI is InChI=1S/C24H31N3/c1-16-14-19(23(3,4)5)15-17(2)20(16)27-21(18-12-10-9-11-13-18)25-26-22(27)24(6,7)8/h9-15H,1-8H3. The molecule has 0 spiro atoms. The van der Waals surface area contributed by atoms with Crippen molar-refractivity contribution in [3.8, 4) is 17.1 Å². The predicted molar refractivity (Wildman–Crippen MR) is 114 cm³/mol. The Labute approximate surface area is 163 Å². The van der Waals surface area contributed by atoms with Crippen molar-refractivity contribution in [1.82, 2.24) is 14.8 Å². The fourth-order valence-electron chi connectivity index (χ4n) is 3.50. The van der Waals surface area contributed by atoms with Crippen molar-refractivity contribution in [3.05, 3.63) is 65.0 Å². The molecule has 0 amide bonds. The van der Waals surface area contributed by atoms with Crippen molar-refractivity contribution in [3.63, 3.8) is 0 Å². The Morgan fingerprint density at radius 3 is 1.78 bits per heavy atom. The van der Waals surface area contributed by atoms with E-state index in [4.69, 9.17) is 0 Å². The van der Waals surface area contributed by atoms with E-state index in [2.05, 4.69) is 94.4 Å². The van der Waals surface area contributed by atoms with E-state index in [9.17, 15) is 0 Å². The number of aromatic nitrogens is 3. The SMILES string of the molecule is Cc1cc(C(C)(C)C)cc(C)c1-n1c(-c2ccccc2)nnc1C(C)(C)C. The summed E-state index contributed by atoms with van der Waals surface area (Å²) < 4.78 is 2.26. The minimum absolute atomic E-state index is 0.110. The van der Waals surface area contributed by atoms with Crippen molar-refractivity contribution in [2.45, 2.75) is 66.2 Å². The highest BCUT2D eigenvalue weighted by atomic mass is 15.3. The highest BCUT2D eigenvalue weighted by Crippen LogP contribution is 2.34. The van der Waals surface area contributed by atoms with E-state index in [1.807, 2.05) is 18.2 Å². The molecule has 3 aromatic rings. The van der Waals surface area contributed by atoms with E-state index in [0.29, 0.717) is 0 Å². The van der Waals surface area contributed by atoms with E-state index in [1.165, 1.54) is 22.4 Å². The normalized spacial score (nSPS) is 12.4. The fourth-order valence-corrected chi connectivity index (χ4v) is 3.50. The van der Waals surface area contributed by atoms with E-state index < -0.39 is 0 Å². The number of hydrogen-bond acceptors (Lipinski definition) is 2. The summed E-state index contributed by atoms with van der Waals surface area (Å²) in [5.74, 6) is 1.88. The summed E-state index contributed by atoms with van der Waals surface area (Å²) >= 11 is 0. The molecule has 142 valence electrons. The Morgan fingerprint density at radius 1 is 0.741 bits per heavy atom. The zero-order valence-electron chi connectivity index (χ0n) is 17.9. The first-order valence-electron chi connectivity index (χ1n) is 9.63. The summed E-state index contributed by atoms with van der Waals surface area (Å²) in [6.07, 6.45) is 0. The number of rotatable bonds is 2. The van der Waals surface area contributed by atoms with Crippen molar-refractivity contribution in [1.29, 1.82) is 0 Å². The average Bonchev–Trinajstić information content (AvgIpc) is 2.99. The molecule has 3 rings (SSSR count). The quantitative estimate of drug-likeness (QED) is 0.548. The number of hydrogen-bond donors (Lipinski definition) is 0. The molecule has 0 atom stereocenters. The summed E-state index contributed by atoms with van der Waals surface area (Å²) in [6.45, 7) is 17.7. The highest BCUT2D eigenvalue weighted by Gasteiger charge is 2.27. The van der Waals surface area contributed by atoms with Crippen LogP contribution in [-0.2, 0) is 10.8 Å². The second-order valence-electron chi connectivity index (χ2n) is 9.51. The van der Waals surface area contributed by atoms with Crippen LogP contribution in [0.3, 0.4) is 0 Å². The molecule has 0 aliphatic carbocycles. The highest BCUT2D eigenvalue weighted by molar-refractivity contribution is 5.62. The molecule has 27 heavy (non-hydrogen) atoms. The maximum Gasteiger partial charge on any atom is 0.168 e. The molecule has 0 N–H and O–H groups in total. The van der Waals surface area contributed by atoms with E-state index >= 15 is 0 Å². The van der Waals surface area contributed by atoms with Crippen molar-refractivity contribution in [2.75, 3.05) is 0 Å². The van der Waals surface area contributed by atoms with Gasteiger partial charge in [0.2, 0.25) is 0 Å². The van der Waals surface area contributed by atoms with Gasteiger partial charge in [0.1, 0.15) is 5.82 Å². The Morgan fingerprint density at radius 2 is 1.30 bits per heavy atom. The first-order valence-corrected chi connectivity index (χ1v) is 9.63. The number of aryl methyl sites for hydroxylation is 2. The molecular formula is C24H31N3. The third-order valence-electron chi connectivity index (χ3n) is 4.95. The van der Waals surface area contributed by atoms with Crippen LogP contribution in [-0.4, -0.2) is 14.8 Å². The van der Waals surface area contributed by atoms with Crippen molar-refractivity contribution < 1.29 is 0 Å². The van der Waals surface area contributed by atoms with Gasteiger partial charge in [0.25, 0.3) is 0 Å². The van der Waals surface area contributed by atoms with Crippen LogP contribution in [0.5, 0.6) is 0 Å². The van der Waals surface area contributed by atoms with Crippen LogP contribution in [0.25, 0.3) is 17.1 Å². The number of benzene rings is 2. The first-order chi connectivity index (χ1) is 12.5. The Bertz CT molecular complexity index is 929. The molecular weight excluding hydrogens is 330 g/mol. The molecule has 0 saturated carbocycles. The third-order valence-corrected chi connectivity index (χ3v) is 4.95. The van der Waals surface area contributed by atoms with Gasteiger partial charge in [-0.25, -0.2) is 0 Å². The van der Waals surface area contributed by atoms with Gasteiger partial charge in [-0.1, -0.05) is 84.0 Å². The summed E-state index contributed by atoms with van der Waals surface area (Å²) in [5, 5.41) is 9.20. The van der Waals surface area contributed by atoms with Gasteiger partial charge < -0.3 is 0 Å². The zero-order valence-corrected chi connectivity index (χ0v) is 17.9. The molecule has 0 radical (unpaired) electrons. The summed E-state index contributed by atoms with van der Waals surface area (Å²) in [5.41, 5.74) is 6.14. The molecule has 1 heterocycles. The smallest absolute Gasteiger partial charge is 0.168 e. The van der Waals surface area contributed by atoms with Crippen LogP contribution in [0.4, 0.5) is 0 Å². The van der Waals surface area contributed by atoms with Gasteiger partial charge in [-0.2, -0.15) is 0 Å². The average molecular weight is 362 g/mol. The predicted octanol–water partition coefficient (Wildman–Crippen LogP) is 6.15. The molecule has 0 bridgehead atoms. The molecule has 1 aromatic heterocycles. The van der Waals surface area contributed by atoms with Gasteiger partial charge in [-0.05, 0) is 36.0 Å². The van der Waals surface area contributed by atoms with E-state index in [1.54, 1.807) is 0 Å². The molecule has 0 unspecified atom stereocenters. The zero-order chi connectivity index (χ0) is 20.0. The van der Waals surface area contributed by atoms with Gasteiger partial charge in [-0.15, -0.1) is 10.2 Å². The Kier molecular flexibility index (Phi) is 4.75. The van der Waals surface area contributed by atoms with Crippen LogP contribution in [0.1, 0.15) is 64.1 Å². The lowest BCUT2D eigenvalue weighted by Gasteiger charge is -2.25. The van der Waals surface area contributed by atoms with Crippen molar-refractivity contribution in [2.24, 2.45) is 0 Å². The van der Waals surface area contributed by atoms with Crippen LogP contribution < -0.4 is 0 Å². The Hall–Kier alpha value is -2.42. The molecule has 3 nitrogen and oxygen atoms in total. The van der Waals surface area contributed by atoms with Crippen LogP contribution >= 0.6 is 0 Å².